The van der Waals surface area contributed by atoms with Gasteiger partial charge in [0.15, 0.2) is 0 Å². The highest BCUT2D eigenvalue weighted by Crippen LogP contribution is 2.34. The van der Waals surface area contributed by atoms with E-state index in [-0.39, 0.29) is 22.9 Å². The van der Waals surface area contributed by atoms with Crippen LogP contribution in [-0.2, 0) is 20.8 Å². The zero-order valence-corrected chi connectivity index (χ0v) is 22.8. The maximum absolute atomic E-state index is 13.4. The normalized spacial score (nSPS) is 15.5. The van der Waals surface area contributed by atoms with E-state index in [4.69, 9.17) is 25.8 Å². The fraction of sp³-hybridized carbons (Fsp3) is 0.640. The lowest BCUT2D eigenvalue weighted by Crippen LogP contribution is -2.46. The topological polar surface area (TPSA) is 88.6 Å². The molecular formula is C25H38ClN3O6. The molecule has 35 heavy (non-hydrogen) atoms. The summed E-state index contributed by atoms with van der Waals surface area (Å²) in [5, 5.41) is 0.286. The van der Waals surface area contributed by atoms with Crippen LogP contribution in [0.2, 0.25) is 5.02 Å². The number of hydrogen-bond acceptors (Lipinski definition) is 8. The Morgan fingerprint density at radius 1 is 0.943 bits per heavy atom. The molecule has 0 radical (unpaired) electrons. The number of halogens is 1. The third kappa shape index (κ3) is 8.66. The molecule has 0 N–H and O–H groups in total. The van der Waals surface area contributed by atoms with Crippen LogP contribution in [0.3, 0.4) is 0 Å². The molecule has 0 saturated carbocycles. The molecule has 9 nitrogen and oxygen atoms in total. The number of imide groups is 1. The van der Waals surface area contributed by atoms with Crippen LogP contribution in [0.15, 0.2) is 12.1 Å². The van der Waals surface area contributed by atoms with Crippen molar-refractivity contribution in [2.24, 2.45) is 0 Å². The van der Waals surface area contributed by atoms with Crippen LogP contribution in [-0.4, -0.2) is 79.0 Å². The zero-order chi connectivity index (χ0) is 26.6. The molecule has 1 saturated heterocycles. The van der Waals surface area contributed by atoms with Crippen molar-refractivity contribution < 1.29 is 28.6 Å². The van der Waals surface area contributed by atoms with Crippen molar-refractivity contribution in [1.82, 2.24) is 9.80 Å². The van der Waals surface area contributed by atoms with Crippen LogP contribution in [0.5, 0.6) is 0 Å². The number of hydrogen-bond donors (Lipinski definition) is 0. The molecule has 2 rings (SSSR count). The van der Waals surface area contributed by atoms with E-state index in [1.807, 2.05) is 7.05 Å². The Bertz CT molecular complexity index is 902. The highest BCUT2D eigenvalue weighted by Gasteiger charge is 2.37. The van der Waals surface area contributed by atoms with Crippen molar-refractivity contribution in [1.29, 1.82) is 0 Å². The number of benzene rings is 1. The lowest BCUT2D eigenvalue weighted by atomic mass is 10.0. The van der Waals surface area contributed by atoms with Gasteiger partial charge in [-0.3, -0.25) is 4.90 Å². The number of carbonyl (C=O) groups is 3. The predicted molar refractivity (Wildman–Crippen MR) is 135 cm³/mol. The molecule has 1 heterocycles. The van der Waals surface area contributed by atoms with Crippen LogP contribution in [0.25, 0.3) is 0 Å². The van der Waals surface area contributed by atoms with Gasteiger partial charge in [-0.2, -0.15) is 4.90 Å². The average Bonchev–Trinajstić information content (AvgIpc) is 2.68. The minimum atomic E-state index is -0.959. The second kappa shape index (κ2) is 11.6. The minimum Gasteiger partial charge on any atom is -0.462 e. The first-order chi connectivity index (χ1) is 16.1. The lowest BCUT2D eigenvalue weighted by Gasteiger charge is -2.34. The Balaban J connectivity index is 2.69. The molecule has 1 aromatic carbocycles. The predicted octanol–water partition coefficient (Wildman–Crippen LogP) is 4.94. The summed E-state index contributed by atoms with van der Waals surface area (Å²) >= 11 is 6.40. The van der Waals surface area contributed by atoms with E-state index in [9.17, 15) is 14.4 Å². The fourth-order valence-corrected chi connectivity index (χ4v) is 3.76. The molecule has 1 aromatic rings. The van der Waals surface area contributed by atoms with Crippen LogP contribution in [0, 0.1) is 0 Å². The molecule has 2 amide bonds. The quantitative estimate of drug-likeness (QED) is 0.405. The fourth-order valence-electron chi connectivity index (χ4n) is 3.52. The van der Waals surface area contributed by atoms with Crippen molar-refractivity contribution in [3.05, 3.63) is 28.3 Å². The molecule has 0 aliphatic carbocycles. The van der Waals surface area contributed by atoms with Crippen molar-refractivity contribution in [3.63, 3.8) is 0 Å². The molecule has 0 atom stereocenters. The standard InChI is InChI=1S/C25H38ClN3O6/c1-9-33-21(30)19-15-18(26)14-17(16-28-12-10-27(8)11-13-28)20(19)29(22(31)34-24(2,3)4)23(32)35-25(5,6)7/h14-15H,9-13,16H2,1-8H3. The maximum atomic E-state index is 13.4. The summed E-state index contributed by atoms with van der Waals surface area (Å²) in [6.45, 7) is 15.6. The first-order valence-corrected chi connectivity index (χ1v) is 12.2. The number of nitrogens with zero attached hydrogens (tertiary/aromatic N) is 3. The summed E-state index contributed by atoms with van der Waals surface area (Å²) in [7, 11) is 2.05. The van der Waals surface area contributed by atoms with Gasteiger partial charge in [-0.1, -0.05) is 11.6 Å². The van der Waals surface area contributed by atoms with Gasteiger partial charge in [-0.15, -0.1) is 0 Å². The summed E-state index contributed by atoms with van der Waals surface area (Å²) in [6, 6.07) is 3.05. The number of piperazine rings is 1. The number of esters is 1. The molecule has 1 fully saturated rings. The summed E-state index contributed by atoms with van der Waals surface area (Å²) in [5.74, 6) is -0.707. The summed E-state index contributed by atoms with van der Waals surface area (Å²) in [6.07, 6.45) is -1.92. The first-order valence-electron chi connectivity index (χ1n) is 11.8. The molecule has 0 bridgehead atoms. The van der Waals surface area contributed by atoms with Gasteiger partial charge in [-0.25, -0.2) is 14.4 Å². The van der Waals surface area contributed by atoms with E-state index in [1.54, 1.807) is 54.5 Å². The molecule has 0 aromatic heterocycles. The van der Waals surface area contributed by atoms with Gasteiger partial charge < -0.3 is 19.1 Å². The molecule has 1 aliphatic heterocycles. The largest absolute Gasteiger partial charge is 0.462 e. The monoisotopic (exact) mass is 511 g/mol. The summed E-state index contributed by atoms with van der Waals surface area (Å²) < 4.78 is 16.4. The molecule has 196 valence electrons. The van der Waals surface area contributed by atoms with Crippen molar-refractivity contribution >= 4 is 35.4 Å². The van der Waals surface area contributed by atoms with E-state index < -0.39 is 29.4 Å². The first kappa shape index (κ1) is 28.9. The van der Waals surface area contributed by atoms with Gasteiger partial charge in [0.05, 0.1) is 17.9 Å². The Kier molecular flexibility index (Phi) is 9.56. The highest BCUT2D eigenvalue weighted by molar-refractivity contribution is 6.31. The van der Waals surface area contributed by atoms with Crippen LogP contribution in [0.1, 0.15) is 64.4 Å². The maximum Gasteiger partial charge on any atom is 0.424 e. The molecule has 10 heteroatoms. The van der Waals surface area contributed by atoms with E-state index in [2.05, 4.69) is 9.80 Å². The van der Waals surface area contributed by atoms with Crippen molar-refractivity contribution in [2.75, 3.05) is 44.7 Å². The Morgan fingerprint density at radius 3 is 1.91 bits per heavy atom. The van der Waals surface area contributed by atoms with E-state index in [1.165, 1.54) is 6.07 Å². The van der Waals surface area contributed by atoms with Crippen LogP contribution >= 0.6 is 11.6 Å². The number of ether oxygens (including phenoxy) is 3. The Morgan fingerprint density at radius 2 is 1.46 bits per heavy atom. The van der Waals surface area contributed by atoms with E-state index >= 15 is 0 Å². The zero-order valence-electron chi connectivity index (χ0n) is 22.1. The van der Waals surface area contributed by atoms with Gasteiger partial charge in [0.25, 0.3) is 0 Å². The van der Waals surface area contributed by atoms with Crippen molar-refractivity contribution in [3.8, 4) is 0 Å². The summed E-state index contributed by atoms with van der Waals surface area (Å²) in [4.78, 5) is 44.9. The van der Waals surface area contributed by atoms with Crippen LogP contribution in [0.4, 0.5) is 15.3 Å². The second-order valence-corrected chi connectivity index (χ2v) is 11.0. The van der Waals surface area contributed by atoms with E-state index in [0.29, 0.717) is 12.1 Å². The van der Waals surface area contributed by atoms with Crippen molar-refractivity contribution in [2.45, 2.75) is 66.2 Å². The van der Waals surface area contributed by atoms with Gasteiger partial charge in [-0.05, 0) is 73.2 Å². The number of likely N-dealkylation sites (N-methyl/N-ethyl adjacent to an activating group) is 1. The molecule has 0 unspecified atom stereocenters. The SMILES string of the molecule is CCOC(=O)c1cc(Cl)cc(CN2CCN(C)CC2)c1N(C(=O)OC(C)(C)C)C(=O)OC(C)(C)C. The molecular weight excluding hydrogens is 474 g/mol. The number of amides is 2. The van der Waals surface area contributed by atoms with Gasteiger partial charge in [0.2, 0.25) is 0 Å². The number of anilines is 1. The third-order valence-electron chi connectivity index (χ3n) is 5.01. The van der Waals surface area contributed by atoms with E-state index in [0.717, 1.165) is 31.1 Å². The number of carbonyl (C=O) groups excluding carboxylic acids is 3. The van der Waals surface area contributed by atoms with Crippen LogP contribution < -0.4 is 4.90 Å². The molecule has 1 aliphatic rings. The van der Waals surface area contributed by atoms with Gasteiger partial charge in [0.1, 0.15) is 11.2 Å². The molecule has 0 spiro atoms. The Labute approximate surface area is 213 Å². The third-order valence-corrected chi connectivity index (χ3v) is 5.23. The second-order valence-electron chi connectivity index (χ2n) is 10.6. The average molecular weight is 512 g/mol. The smallest absolute Gasteiger partial charge is 0.424 e. The lowest BCUT2D eigenvalue weighted by molar-refractivity contribution is 0.0429. The Hall–Kier alpha value is -2.36. The summed E-state index contributed by atoms with van der Waals surface area (Å²) in [5.41, 5.74) is -1.24. The van der Waals surface area contributed by atoms with Gasteiger partial charge in [0, 0.05) is 37.7 Å². The number of rotatable bonds is 5. The highest BCUT2D eigenvalue weighted by atomic mass is 35.5. The minimum absolute atomic E-state index is 0.0137. The van der Waals surface area contributed by atoms with Gasteiger partial charge >= 0.3 is 18.2 Å².